The summed E-state index contributed by atoms with van der Waals surface area (Å²) in [6.07, 6.45) is -2.55. The van der Waals surface area contributed by atoms with Gasteiger partial charge in [0.2, 0.25) is 0 Å². The van der Waals surface area contributed by atoms with E-state index < -0.39 is 28.7 Å². The first-order chi connectivity index (χ1) is 14.2. The Morgan fingerprint density at radius 2 is 1.93 bits per heavy atom. The van der Waals surface area contributed by atoms with Gasteiger partial charge in [-0.2, -0.15) is 13.2 Å². The lowest BCUT2D eigenvalue weighted by atomic mass is 10.1. The van der Waals surface area contributed by atoms with E-state index in [0.717, 1.165) is 17.8 Å². The Hall–Kier alpha value is -3.13. The Bertz CT molecular complexity index is 1060. The van der Waals surface area contributed by atoms with E-state index in [4.69, 9.17) is 11.6 Å². The van der Waals surface area contributed by atoms with Crippen LogP contribution >= 0.6 is 11.6 Å². The molecule has 1 amide bonds. The van der Waals surface area contributed by atoms with Crippen LogP contribution in [0.4, 0.5) is 13.2 Å². The molecule has 156 valence electrons. The van der Waals surface area contributed by atoms with Gasteiger partial charge in [-0.15, -0.1) is 11.7 Å². The number of nitrogens with zero attached hydrogens (tertiary/aromatic N) is 3. The second-order valence-electron chi connectivity index (χ2n) is 6.52. The first-order valence-electron chi connectivity index (χ1n) is 9.01. The fourth-order valence-corrected chi connectivity index (χ4v) is 3.34. The minimum absolute atomic E-state index is 0.265. The minimum atomic E-state index is -4.66. The zero-order chi connectivity index (χ0) is 21.9. The van der Waals surface area contributed by atoms with Gasteiger partial charge in [-0.25, -0.2) is 4.68 Å². The van der Waals surface area contributed by atoms with Crippen molar-refractivity contribution < 1.29 is 18.0 Å². The van der Waals surface area contributed by atoms with Gasteiger partial charge in [0.25, 0.3) is 5.91 Å². The second-order valence-corrected chi connectivity index (χ2v) is 6.90. The van der Waals surface area contributed by atoms with E-state index in [-0.39, 0.29) is 5.56 Å². The summed E-state index contributed by atoms with van der Waals surface area (Å²) < 4.78 is 40.9. The van der Waals surface area contributed by atoms with E-state index in [1.165, 1.54) is 6.07 Å². The molecule has 1 N–H and O–H groups in total. The molecular weight excluding hydrogens is 417 g/mol. The van der Waals surface area contributed by atoms with Gasteiger partial charge in [0.05, 0.1) is 33.6 Å². The largest absolute Gasteiger partial charge is 0.417 e. The molecule has 1 unspecified atom stereocenters. The number of halogens is 4. The van der Waals surface area contributed by atoms with Crippen molar-refractivity contribution in [2.45, 2.75) is 25.6 Å². The Labute approximate surface area is 176 Å². The number of nitrogens with one attached hydrogen (secondary N) is 1. The van der Waals surface area contributed by atoms with Gasteiger partial charge in [-0.1, -0.05) is 47.2 Å². The first kappa shape index (κ1) is 21.6. The van der Waals surface area contributed by atoms with Crippen LogP contribution in [-0.2, 0) is 12.6 Å². The molecule has 30 heavy (non-hydrogen) atoms. The molecule has 0 aliphatic carbocycles. The third kappa shape index (κ3) is 4.38. The number of amides is 1. The number of hydrogen-bond donors (Lipinski definition) is 1. The molecule has 1 aromatic heterocycles. The molecule has 0 saturated carbocycles. The van der Waals surface area contributed by atoms with Crippen LogP contribution in [0.25, 0.3) is 5.69 Å². The number of rotatable bonds is 6. The average molecular weight is 435 g/mol. The second kappa shape index (κ2) is 8.71. The maximum absolute atomic E-state index is 13.1. The predicted octanol–water partition coefficient (Wildman–Crippen LogP) is 5.16. The van der Waals surface area contributed by atoms with E-state index in [1.807, 2.05) is 30.3 Å². The number of benzene rings is 2. The average Bonchev–Trinajstić information content (AvgIpc) is 3.12. The number of alkyl halides is 3. The van der Waals surface area contributed by atoms with Gasteiger partial charge < -0.3 is 5.32 Å². The van der Waals surface area contributed by atoms with Gasteiger partial charge in [0.1, 0.15) is 5.69 Å². The molecule has 2 aromatic carbocycles. The maximum atomic E-state index is 13.1. The zero-order valence-corrected chi connectivity index (χ0v) is 16.7. The van der Waals surface area contributed by atoms with Crippen molar-refractivity contribution in [3.05, 3.63) is 88.7 Å². The molecule has 0 spiro atoms. The highest BCUT2D eigenvalue weighted by atomic mass is 35.5. The van der Waals surface area contributed by atoms with Gasteiger partial charge in [-0.3, -0.25) is 4.79 Å². The molecule has 0 fully saturated rings. The van der Waals surface area contributed by atoms with Crippen molar-refractivity contribution >= 4 is 17.5 Å². The summed E-state index contributed by atoms with van der Waals surface area (Å²) in [5.41, 5.74) is 0.646. The smallest absolute Gasteiger partial charge is 0.344 e. The van der Waals surface area contributed by atoms with Crippen LogP contribution in [0.15, 0.2) is 61.2 Å². The van der Waals surface area contributed by atoms with E-state index in [0.29, 0.717) is 17.8 Å². The Morgan fingerprint density at radius 3 is 2.57 bits per heavy atom. The number of carbonyl (C=O) groups is 1. The normalized spacial score (nSPS) is 12.4. The lowest BCUT2D eigenvalue weighted by Gasteiger charge is -2.16. The summed E-state index contributed by atoms with van der Waals surface area (Å²) in [7, 11) is 0. The van der Waals surface area contributed by atoms with Crippen LogP contribution in [0.2, 0.25) is 5.02 Å². The standard InChI is InChI=1S/C21H18ClF3N4O/c1-3-8-17-19(27-28-29(17)14-9-5-4-6-10-14)13(2)26-20(30)15-11-7-12-16(18(15)22)21(23,24)25/h3-7,9-13H,1,8H2,2H3,(H,26,30). The SMILES string of the molecule is C=CCc1c(C(C)NC(=O)c2cccc(C(F)(F)F)c2Cl)nnn1-c1ccccc1. The molecule has 3 rings (SSSR count). The van der Waals surface area contributed by atoms with Crippen LogP contribution in [0, 0.1) is 0 Å². The van der Waals surface area contributed by atoms with Crippen LogP contribution in [0.5, 0.6) is 0 Å². The summed E-state index contributed by atoms with van der Waals surface area (Å²) in [4.78, 5) is 12.6. The number of carbonyl (C=O) groups excluding carboxylic acids is 1. The molecular formula is C21H18ClF3N4O. The van der Waals surface area contributed by atoms with Gasteiger partial charge >= 0.3 is 6.18 Å². The minimum Gasteiger partial charge on any atom is -0.344 e. The van der Waals surface area contributed by atoms with Crippen molar-refractivity contribution in [3.63, 3.8) is 0 Å². The van der Waals surface area contributed by atoms with Crippen molar-refractivity contribution in [2.75, 3.05) is 0 Å². The number of allylic oxidation sites excluding steroid dienone is 1. The highest BCUT2D eigenvalue weighted by Crippen LogP contribution is 2.36. The molecule has 0 saturated heterocycles. The van der Waals surface area contributed by atoms with E-state index in [1.54, 1.807) is 17.7 Å². The van der Waals surface area contributed by atoms with Crippen molar-refractivity contribution in [1.29, 1.82) is 0 Å². The van der Waals surface area contributed by atoms with Gasteiger partial charge in [-0.05, 0) is 31.2 Å². The third-order valence-corrected chi connectivity index (χ3v) is 4.85. The number of aromatic nitrogens is 3. The third-order valence-electron chi connectivity index (χ3n) is 4.44. The van der Waals surface area contributed by atoms with Gasteiger partial charge in [0.15, 0.2) is 0 Å². The molecule has 5 nitrogen and oxygen atoms in total. The molecule has 1 atom stereocenters. The Balaban J connectivity index is 1.90. The molecule has 9 heteroatoms. The lowest BCUT2D eigenvalue weighted by Crippen LogP contribution is -2.28. The van der Waals surface area contributed by atoms with Crippen molar-refractivity contribution in [2.24, 2.45) is 0 Å². The van der Waals surface area contributed by atoms with Gasteiger partial charge in [0, 0.05) is 6.42 Å². The summed E-state index contributed by atoms with van der Waals surface area (Å²) in [5.74, 6) is -0.739. The molecule has 3 aromatic rings. The molecule has 1 heterocycles. The maximum Gasteiger partial charge on any atom is 0.417 e. The Kier molecular flexibility index (Phi) is 6.26. The van der Waals surface area contributed by atoms with E-state index in [9.17, 15) is 18.0 Å². The molecule has 0 radical (unpaired) electrons. The lowest BCUT2D eigenvalue weighted by molar-refractivity contribution is -0.137. The van der Waals surface area contributed by atoms with Crippen LogP contribution in [0.3, 0.4) is 0 Å². The quantitative estimate of drug-likeness (QED) is 0.545. The van der Waals surface area contributed by atoms with E-state index in [2.05, 4.69) is 22.2 Å². The number of para-hydroxylation sites is 1. The molecule has 0 aliphatic heterocycles. The zero-order valence-electron chi connectivity index (χ0n) is 15.9. The van der Waals surface area contributed by atoms with Crippen LogP contribution in [-0.4, -0.2) is 20.9 Å². The first-order valence-corrected chi connectivity index (χ1v) is 9.39. The fourth-order valence-electron chi connectivity index (χ4n) is 3.02. The highest BCUT2D eigenvalue weighted by Gasteiger charge is 2.35. The summed E-state index contributed by atoms with van der Waals surface area (Å²) in [6, 6.07) is 11.9. The monoisotopic (exact) mass is 434 g/mol. The van der Waals surface area contributed by atoms with Crippen molar-refractivity contribution in [1.82, 2.24) is 20.3 Å². The summed E-state index contributed by atoms with van der Waals surface area (Å²) >= 11 is 5.86. The number of hydrogen-bond acceptors (Lipinski definition) is 3. The van der Waals surface area contributed by atoms with E-state index >= 15 is 0 Å². The predicted molar refractivity (Wildman–Crippen MR) is 108 cm³/mol. The fraction of sp³-hybridized carbons (Fsp3) is 0.190. The Morgan fingerprint density at radius 1 is 1.23 bits per heavy atom. The highest BCUT2D eigenvalue weighted by molar-refractivity contribution is 6.34. The molecule has 0 aliphatic rings. The van der Waals surface area contributed by atoms with Crippen molar-refractivity contribution in [3.8, 4) is 5.69 Å². The topological polar surface area (TPSA) is 59.8 Å². The van der Waals surface area contributed by atoms with Crippen LogP contribution in [0.1, 0.15) is 40.3 Å². The van der Waals surface area contributed by atoms with Crippen LogP contribution < -0.4 is 5.32 Å². The summed E-state index contributed by atoms with van der Waals surface area (Å²) in [6.45, 7) is 5.42. The molecule has 0 bridgehead atoms. The summed E-state index contributed by atoms with van der Waals surface area (Å²) in [5, 5.41) is 10.3.